The summed E-state index contributed by atoms with van der Waals surface area (Å²) in [5.41, 5.74) is -5.93. The normalized spacial score (nSPS) is 34.9. The summed E-state index contributed by atoms with van der Waals surface area (Å²) in [6, 6.07) is 8.26. The summed E-state index contributed by atoms with van der Waals surface area (Å²) in [6.45, 7) is -0.418. The molecule has 7 aliphatic rings. The Hall–Kier alpha value is -6.79. The maximum absolute atomic E-state index is 14.8. The van der Waals surface area contributed by atoms with Crippen LogP contribution in [0.25, 0.3) is 22.3 Å². The summed E-state index contributed by atoms with van der Waals surface area (Å²) >= 11 is 0. The lowest BCUT2D eigenvalue weighted by Gasteiger charge is -2.53. The average molecular weight is 1030 g/mol. The van der Waals surface area contributed by atoms with Gasteiger partial charge in [0, 0.05) is 77.5 Å². The number of aliphatic carboxylic acids is 1. The number of benzene rings is 2. The minimum atomic E-state index is -3.86. The number of aromatic amines is 1. The van der Waals surface area contributed by atoms with Gasteiger partial charge in [-0.1, -0.05) is 24.5 Å². The van der Waals surface area contributed by atoms with Gasteiger partial charge in [-0.15, -0.1) is 0 Å². The van der Waals surface area contributed by atoms with Crippen molar-refractivity contribution in [2.45, 2.75) is 123 Å². The van der Waals surface area contributed by atoms with Crippen molar-refractivity contribution in [2.75, 3.05) is 6.61 Å². The molecule has 23 heteroatoms. The van der Waals surface area contributed by atoms with Crippen LogP contribution in [0, 0.1) is 17.8 Å². The molecule has 390 valence electrons. The molecule has 1 aliphatic carbocycles. The lowest BCUT2D eigenvalue weighted by Crippen LogP contribution is -2.76. The lowest BCUT2D eigenvalue weighted by molar-refractivity contribution is -0.394. The van der Waals surface area contributed by atoms with Crippen LogP contribution < -0.4 is 20.8 Å². The molecule has 3 saturated heterocycles. The Kier molecular flexibility index (Phi) is 11.8. The molecular weight excluding hydrogens is 975 g/mol. The number of aromatic nitrogens is 1. The number of ether oxygens (including phenoxy) is 4. The van der Waals surface area contributed by atoms with Crippen molar-refractivity contribution >= 4 is 22.9 Å². The highest BCUT2D eigenvalue weighted by molar-refractivity contribution is 5.90. The molecular formula is C51H51N3O20. The van der Waals surface area contributed by atoms with Gasteiger partial charge in [-0.05, 0) is 72.9 Å². The molecule has 0 amide bonds. The number of carboxylic acids is 1. The molecule has 2 spiro atoms. The number of rotatable bonds is 7. The van der Waals surface area contributed by atoms with Crippen LogP contribution in [0.5, 0.6) is 23.0 Å². The standard InChI is InChI=1S/C51H51N3O20/c55-11-7-22-12-23(15-31(57)37(22)58)32-18-30(56)36-33(70-32)19-34-35(38(36)59)28(24-14-29-21-4-1-5-27(13-21)54-44(29)53-20-24)17-25(16-26-6-2-10-52-26)50(72-34)42(63)39(60)41(62)48(74-50)8-3-9-49(46(65)66)51(68,69)43(64)40(61)45(73-49)71-47(48)67/h2,6,10,12,14-15,17-21,27-28,39-45,52-55,57-64,68-69H,1,4-5,7-8,11,13,16H2,(H,65,66). The second-order valence-electron chi connectivity index (χ2n) is 19.8. The summed E-state index contributed by atoms with van der Waals surface area (Å²) in [5.74, 6) is -9.90. The van der Waals surface area contributed by atoms with E-state index in [1.54, 1.807) is 24.5 Å². The number of dihydropyridines is 1. The zero-order valence-electron chi connectivity index (χ0n) is 38.8. The number of esters is 1. The van der Waals surface area contributed by atoms with E-state index in [9.17, 15) is 75.7 Å². The number of fused-ring (bicyclic) bond motifs is 8. The summed E-state index contributed by atoms with van der Waals surface area (Å²) in [5, 5.41) is 141. The predicted octanol–water partition coefficient (Wildman–Crippen LogP) is -0.933. The largest absolute Gasteiger partial charge is 0.507 e. The van der Waals surface area contributed by atoms with Crippen molar-refractivity contribution in [2.24, 2.45) is 5.92 Å². The number of phenolic OH excluding ortho intramolecular Hbond substituents is 3. The van der Waals surface area contributed by atoms with E-state index in [-0.39, 0.29) is 70.0 Å². The maximum Gasteiger partial charge on any atom is 0.354 e. The first-order valence-corrected chi connectivity index (χ1v) is 23.9. The number of hydrogen-bond donors (Lipinski definition) is 15. The van der Waals surface area contributed by atoms with Crippen LogP contribution >= 0.6 is 0 Å². The van der Waals surface area contributed by atoms with E-state index in [0.717, 1.165) is 43.4 Å². The summed E-state index contributed by atoms with van der Waals surface area (Å²) in [6.07, 6.45) is -6.77. The number of H-pyrrole nitrogens is 1. The quantitative estimate of drug-likeness (QED) is 0.0349. The van der Waals surface area contributed by atoms with Crippen LogP contribution in [0.15, 0.2) is 86.9 Å². The summed E-state index contributed by atoms with van der Waals surface area (Å²) in [7, 11) is 0. The summed E-state index contributed by atoms with van der Waals surface area (Å²) in [4.78, 5) is 45.1. The molecule has 23 nitrogen and oxygen atoms in total. The van der Waals surface area contributed by atoms with Gasteiger partial charge in [0.15, 0.2) is 23.0 Å². The van der Waals surface area contributed by atoms with Crippen molar-refractivity contribution < 1.29 is 94.2 Å². The third-order valence-electron chi connectivity index (χ3n) is 15.4. The molecule has 74 heavy (non-hydrogen) atoms. The molecule has 4 aromatic rings. The first-order chi connectivity index (χ1) is 35.2. The van der Waals surface area contributed by atoms with E-state index in [4.69, 9.17) is 23.4 Å². The fraction of sp³-hybridized carbons (Fsp3) is 0.431. The van der Waals surface area contributed by atoms with Crippen molar-refractivity contribution in [1.82, 2.24) is 15.6 Å². The zero-order chi connectivity index (χ0) is 52.4. The minimum Gasteiger partial charge on any atom is -0.507 e. The second kappa shape index (κ2) is 17.7. The van der Waals surface area contributed by atoms with Crippen LogP contribution in [0.3, 0.4) is 0 Å². The van der Waals surface area contributed by atoms with Gasteiger partial charge in [-0.25, -0.2) is 9.59 Å². The highest BCUT2D eigenvalue weighted by atomic mass is 16.8. The number of carboxylic acid groups (broad SMARTS) is 1. The van der Waals surface area contributed by atoms with E-state index in [0.29, 0.717) is 11.3 Å². The Bertz CT molecular complexity index is 3210. The molecule has 11 rings (SSSR count). The molecule has 2 aromatic heterocycles. The number of aliphatic hydroxyl groups is 8. The molecule has 13 unspecified atom stereocenters. The van der Waals surface area contributed by atoms with Crippen molar-refractivity contribution in [3.63, 3.8) is 0 Å². The van der Waals surface area contributed by atoms with Gasteiger partial charge in [0.25, 0.3) is 11.4 Å². The molecule has 4 fully saturated rings. The van der Waals surface area contributed by atoms with Crippen LogP contribution in [0.2, 0.25) is 0 Å². The van der Waals surface area contributed by atoms with Gasteiger partial charge in [-0.2, -0.15) is 0 Å². The van der Waals surface area contributed by atoms with Gasteiger partial charge in [0.05, 0.1) is 12.6 Å². The van der Waals surface area contributed by atoms with E-state index < -0.39 is 119 Å². The molecule has 4 bridgehead atoms. The fourth-order valence-electron chi connectivity index (χ4n) is 11.5. The van der Waals surface area contributed by atoms with Gasteiger partial charge < -0.3 is 94.9 Å². The van der Waals surface area contributed by atoms with Crippen LogP contribution in [0.1, 0.15) is 54.8 Å². The Morgan fingerprint density at radius 3 is 2.49 bits per heavy atom. The molecule has 2 aromatic carbocycles. The van der Waals surface area contributed by atoms with Crippen LogP contribution in [-0.4, -0.2) is 157 Å². The lowest BCUT2D eigenvalue weighted by atomic mass is 9.74. The van der Waals surface area contributed by atoms with Crippen LogP contribution in [0.4, 0.5) is 0 Å². The minimum absolute atomic E-state index is 0.0633. The Labute approximate surface area is 417 Å². The third kappa shape index (κ3) is 7.35. The van der Waals surface area contributed by atoms with E-state index in [1.165, 1.54) is 18.2 Å². The molecule has 8 heterocycles. The summed E-state index contributed by atoms with van der Waals surface area (Å²) < 4.78 is 30.5. The first-order valence-electron chi connectivity index (χ1n) is 23.9. The topological polar surface area (TPSA) is 384 Å². The van der Waals surface area contributed by atoms with Gasteiger partial charge in [0.1, 0.15) is 52.6 Å². The third-order valence-corrected chi connectivity index (χ3v) is 15.4. The Morgan fingerprint density at radius 2 is 1.74 bits per heavy atom. The van der Waals surface area contributed by atoms with Gasteiger partial charge >= 0.3 is 11.9 Å². The number of hydrogen-bond acceptors (Lipinski definition) is 21. The monoisotopic (exact) mass is 1030 g/mol. The Balaban J connectivity index is 1.15. The van der Waals surface area contributed by atoms with E-state index in [1.807, 2.05) is 12.0 Å². The number of allylic oxidation sites excluding steroid dienone is 3. The number of aromatic hydroxyl groups is 3. The SMILES string of the molecule is O=C1OC2OC(C(=O)O)(C#CCC13OC1(Oc4cc5oc(-c6cc(O)c(O)c(CCO)c6)cc(=O)c5c(O)c4C(C4=CNC5NC6CCCC(C6)C5=C4)C=C1Cc1ccc[nH]1)C(O)C(O)C3O)C(O)(O)C(O)C2O. The molecule has 13 atom stereocenters. The molecule has 15 N–H and O–H groups in total. The number of nitrogens with one attached hydrogen (secondary N) is 3. The molecule has 0 radical (unpaired) electrons. The number of carbonyl (C=O) groups is 2. The van der Waals surface area contributed by atoms with Crippen LogP contribution in [-0.2, 0) is 36.6 Å². The van der Waals surface area contributed by atoms with E-state index in [2.05, 4.69) is 21.5 Å². The molecule has 1 saturated carbocycles. The number of piperidine rings is 1. The van der Waals surface area contributed by atoms with Crippen molar-refractivity contribution in [3.05, 3.63) is 105 Å². The maximum atomic E-state index is 14.8. The van der Waals surface area contributed by atoms with Crippen molar-refractivity contribution in [1.29, 1.82) is 0 Å². The smallest absolute Gasteiger partial charge is 0.354 e. The number of aliphatic hydroxyl groups excluding tert-OH is 6. The van der Waals surface area contributed by atoms with Gasteiger partial charge in [0.2, 0.25) is 17.7 Å². The molecule has 6 aliphatic heterocycles. The predicted molar refractivity (Wildman–Crippen MR) is 249 cm³/mol. The van der Waals surface area contributed by atoms with E-state index >= 15 is 0 Å². The average Bonchev–Trinajstić information content (AvgIpc) is 3.86. The Morgan fingerprint density at radius 1 is 0.946 bits per heavy atom. The highest BCUT2D eigenvalue weighted by Crippen LogP contribution is 2.55. The first kappa shape index (κ1) is 49.4. The zero-order valence-corrected chi connectivity index (χ0v) is 38.8. The number of carbonyl (C=O) groups excluding carboxylic acids is 1. The van der Waals surface area contributed by atoms with Crippen molar-refractivity contribution in [3.8, 4) is 46.2 Å². The second-order valence-corrected chi connectivity index (χ2v) is 19.8. The fourth-order valence-corrected chi connectivity index (χ4v) is 11.5. The number of phenols is 3. The van der Waals surface area contributed by atoms with Gasteiger partial charge in [-0.3, -0.25) is 10.1 Å². The highest BCUT2D eigenvalue weighted by Gasteiger charge is 2.72.